The van der Waals surface area contributed by atoms with Crippen molar-refractivity contribution in [3.8, 4) is 0 Å². The topological polar surface area (TPSA) is 47.7 Å². The molecule has 20 heavy (non-hydrogen) atoms. The highest BCUT2D eigenvalue weighted by molar-refractivity contribution is 8.00. The van der Waals surface area contributed by atoms with Gasteiger partial charge in [0.25, 0.3) is 10.2 Å². The normalized spacial score (nSPS) is 11.2. The smallest absolute Gasteiger partial charge is 0.296 e. The van der Waals surface area contributed by atoms with Crippen molar-refractivity contribution < 1.29 is 14.7 Å². The largest absolute Gasteiger partial charge is 0.352 e. The molecule has 0 unspecified atom stereocenters. The number of rotatable bonds is 6. The quantitative estimate of drug-likeness (QED) is 0.609. The van der Waals surface area contributed by atoms with E-state index in [1.807, 2.05) is 24.5 Å². The van der Waals surface area contributed by atoms with Gasteiger partial charge < -0.3 is 10.2 Å². The molecule has 0 aliphatic rings. The maximum absolute atomic E-state index is 12.1. The van der Waals surface area contributed by atoms with Crippen LogP contribution in [-0.4, -0.2) is 39.3 Å². The van der Waals surface area contributed by atoms with Gasteiger partial charge in [-0.1, -0.05) is 11.3 Å². The Morgan fingerprint density at radius 1 is 1.45 bits per heavy atom. The van der Waals surface area contributed by atoms with Crippen LogP contribution >= 0.6 is 23.1 Å². The van der Waals surface area contributed by atoms with Crippen molar-refractivity contribution in [2.45, 2.75) is 10.8 Å². The maximum atomic E-state index is 12.1. The van der Waals surface area contributed by atoms with Crippen LogP contribution in [0.25, 0.3) is 10.2 Å². The average Bonchev–Trinajstić information content (AvgIpc) is 2.85. The summed E-state index contributed by atoms with van der Waals surface area (Å²) in [5.74, 6) is 0.0137. The fourth-order valence-corrected chi connectivity index (χ4v) is 3.52. The van der Waals surface area contributed by atoms with Crippen LogP contribution in [-0.2, 0) is 0 Å². The molecule has 1 aromatic heterocycles. The van der Waals surface area contributed by atoms with Crippen LogP contribution in [0.1, 0.15) is 16.8 Å². The number of H-pyrrole nitrogens is 1. The highest BCUT2D eigenvalue weighted by Crippen LogP contribution is 2.25. The summed E-state index contributed by atoms with van der Waals surface area (Å²) in [6, 6.07) is 5.81. The lowest BCUT2D eigenvalue weighted by Gasteiger charge is -2.07. The highest BCUT2D eigenvalue weighted by atomic mass is 32.2. The molecule has 0 aliphatic carbocycles. The molecule has 6 heteroatoms. The van der Waals surface area contributed by atoms with Crippen LogP contribution < -0.4 is 15.2 Å². The molecule has 0 spiro atoms. The summed E-state index contributed by atoms with van der Waals surface area (Å²) in [6.45, 7) is 1.80. The molecule has 0 saturated carbocycles. The molecule has 0 aliphatic heterocycles. The zero-order chi connectivity index (χ0) is 14.5. The minimum absolute atomic E-state index is 0.0137. The van der Waals surface area contributed by atoms with Gasteiger partial charge in [0, 0.05) is 24.6 Å². The molecule has 0 saturated heterocycles. The molecule has 1 amide bonds. The number of thioether (sulfide) groups is 1. The van der Waals surface area contributed by atoms with Gasteiger partial charge >= 0.3 is 0 Å². The summed E-state index contributed by atoms with van der Waals surface area (Å²) in [5, 5.41) is 2.98. The first-order valence-corrected chi connectivity index (χ1v) is 8.71. The fraction of sp³-hybridized carbons (Fsp3) is 0.429. The number of quaternary nitrogens is 1. The molecule has 0 radical (unpaired) electrons. The van der Waals surface area contributed by atoms with Gasteiger partial charge in [-0.05, 0) is 30.2 Å². The van der Waals surface area contributed by atoms with Crippen molar-refractivity contribution in [2.75, 3.05) is 33.4 Å². The van der Waals surface area contributed by atoms with Gasteiger partial charge in [0.1, 0.15) is 4.70 Å². The maximum Gasteiger partial charge on any atom is 0.296 e. The zero-order valence-electron chi connectivity index (χ0n) is 12.1. The Kier molecular flexibility index (Phi) is 5.39. The lowest BCUT2D eigenvalue weighted by molar-refractivity contribution is -0.858. The van der Waals surface area contributed by atoms with Crippen LogP contribution in [0, 0.1) is 0 Å². The second kappa shape index (κ2) is 7.06. The van der Waals surface area contributed by atoms with Crippen LogP contribution in [0.5, 0.6) is 0 Å². The van der Waals surface area contributed by atoms with Crippen molar-refractivity contribution in [1.82, 2.24) is 5.32 Å². The molecule has 0 bridgehead atoms. The first kappa shape index (κ1) is 15.3. The van der Waals surface area contributed by atoms with Gasteiger partial charge in [0.05, 0.1) is 20.6 Å². The van der Waals surface area contributed by atoms with Crippen LogP contribution in [0.15, 0.2) is 22.5 Å². The summed E-state index contributed by atoms with van der Waals surface area (Å²) in [6.07, 6.45) is 3.04. The third-order valence-electron chi connectivity index (χ3n) is 3.01. The monoisotopic (exact) mass is 311 g/mol. The molecule has 4 nitrogen and oxygen atoms in total. The predicted octanol–water partition coefficient (Wildman–Crippen LogP) is 0.702. The Labute approximate surface area is 127 Å². The van der Waals surface area contributed by atoms with E-state index < -0.39 is 0 Å². The number of amides is 1. The Morgan fingerprint density at radius 3 is 2.95 bits per heavy atom. The van der Waals surface area contributed by atoms with Crippen molar-refractivity contribution in [3.63, 3.8) is 0 Å². The Morgan fingerprint density at radius 2 is 2.25 bits per heavy atom. The van der Waals surface area contributed by atoms with Crippen molar-refractivity contribution in [3.05, 3.63) is 23.8 Å². The van der Waals surface area contributed by atoms with Crippen LogP contribution in [0.3, 0.4) is 0 Å². The molecule has 108 valence electrons. The molecule has 2 rings (SSSR count). The number of hydrogen-bond acceptors (Lipinski definition) is 3. The SMILES string of the molecule is CSc1[nH+]c2ccc(C(=O)NCCC[NH+](C)C)cc2s1. The lowest BCUT2D eigenvalue weighted by Crippen LogP contribution is -3.05. The lowest BCUT2D eigenvalue weighted by atomic mass is 10.2. The molecular weight excluding hydrogens is 290 g/mol. The van der Waals surface area contributed by atoms with Gasteiger partial charge in [-0.3, -0.25) is 4.79 Å². The number of thiazole rings is 1. The van der Waals surface area contributed by atoms with E-state index in [0.717, 1.165) is 39.6 Å². The third-order valence-corrected chi connectivity index (χ3v) is 5.08. The van der Waals surface area contributed by atoms with E-state index in [1.165, 1.54) is 4.90 Å². The van der Waals surface area contributed by atoms with Crippen molar-refractivity contribution in [1.29, 1.82) is 0 Å². The molecule has 2 aromatic rings. The van der Waals surface area contributed by atoms with Gasteiger partial charge in [-0.25, -0.2) is 0 Å². The van der Waals surface area contributed by atoms with E-state index in [0.29, 0.717) is 0 Å². The van der Waals surface area contributed by atoms with E-state index in [9.17, 15) is 4.79 Å². The summed E-state index contributed by atoms with van der Waals surface area (Å²) in [5.41, 5.74) is 1.82. The number of fused-ring (bicyclic) bond motifs is 1. The molecule has 1 heterocycles. The van der Waals surface area contributed by atoms with Crippen LogP contribution in [0.4, 0.5) is 0 Å². The van der Waals surface area contributed by atoms with E-state index in [-0.39, 0.29) is 5.91 Å². The zero-order valence-corrected chi connectivity index (χ0v) is 13.7. The summed E-state index contributed by atoms with van der Waals surface area (Å²) < 4.78 is 2.28. The first-order chi connectivity index (χ1) is 9.60. The minimum Gasteiger partial charge on any atom is -0.352 e. The first-order valence-electron chi connectivity index (χ1n) is 6.67. The number of nitrogens with one attached hydrogen (secondary N) is 3. The van der Waals surface area contributed by atoms with E-state index in [1.54, 1.807) is 23.1 Å². The molecule has 3 N–H and O–H groups in total. The molecule has 1 aromatic carbocycles. The van der Waals surface area contributed by atoms with Crippen molar-refractivity contribution >= 4 is 39.2 Å². The minimum atomic E-state index is 0.0137. The van der Waals surface area contributed by atoms with Gasteiger partial charge in [-0.2, -0.15) is 4.98 Å². The third kappa shape index (κ3) is 3.94. The number of carbonyl (C=O) groups excluding carboxylic acids is 1. The van der Waals surface area contributed by atoms with Gasteiger partial charge in [-0.15, -0.1) is 0 Å². The van der Waals surface area contributed by atoms with Gasteiger partial charge in [0.2, 0.25) is 5.52 Å². The van der Waals surface area contributed by atoms with E-state index in [2.05, 4.69) is 24.4 Å². The molecule has 0 fully saturated rings. The number of aromatic nitrogens is 1. The average molecular weight is 311 g/mol. The predicted molar refractivity (Wildman–Crippen MR) is 84.8 cm³/mol. The van der Waals surface area contributed by atoms with Crippen molar-refractivity contribution in [2.24, 2.45) is 0 Å². The summed E-state index contributed by atoms with van der Waals surface area (Å²) in [4.78, 5) is 16.8. The number of carbonyl (C=O) groups is 1. The number of benzene rings is 1. The Balaban J connectivity index is 1.99. The van der Waals surface area contributed by atoms with Gasteiger partial charge in [0.15, 0.2) is 0 Å². The van der Waals surface area contributed by atoms with E-state index in [4.69, 9.17) is 0 Å². The number of aromatic amines is 1. The summed E-state index contributed by atoms with van der Waals surface area (Å²) >= 11 is 3.37. The molecular formula is C14H21N3OS2+2. The second-order valence-corrected chi connectivity index (χ2v) is 7.12. The fourth-order valence-electron chi connectivity index (χ4n) is 1.93. The summed E-state index contributed by atoms with van der Waals surface area (Å²) in [7, 11) is 4.23. The number of hydrogen-bond donors (Lipinski definition) is 2. The Bertz CT molecular complexity index is 595. The van der Waals surface area contributed by atoms with E-state index >= 15 is 0 Å². The standard InChI is InChI=1S/C14H19N3OS2/c1-17(2)8-4-7-15-13(18)10-5-6-11-12(9-10)20-14(16-11)19-3/h5-6,9H,4,7-8H2,1-3H3,(H,15,18)/p+2. The highest BCUT2D eigenvalue weighted by Gasteiger charge is 2.13. The molecule has 0 atom stereocenters. The second-order valence-electron chi connectivity index (χ2n) is 5.00. The van der Waals surface area contributed by atoms with Crippen LogP contribution in [0.2, 0.25) is 0 Å². The Hall–Kier alpha value is -1.11.